The number of carboxylic acids is 1. The van der Waals surface area contributed by atoms with Crippen molar-refractivity contribution in [3.8, 4) is 0 Å². The second-order valence-electron chi connectivity index (χ2n) is 6.55. The molecule has 1 heterocycles. The first-order valence-electron chi connectivity index (χ1n) is 9.14. The fourth-order valence-electron chi connectivity index (χ4n) is 2.94. The van der Waals surface area contributed by atoms with Crippen molar-refractivity contribution in [2.75, 3.05) is 5.32 Å². The number of nitrogens with one attached hydrogen (secondary N) is 1. The molecule has 0 aliphatic heterocycles. The molecular formula is C21H30N2O3. The molecule has 1 aromatic heterocycles. The van der Waals surface area contributed by atoms with Gasteiger partial charge in [-0.1, -0.05) is 37.6 Å². The van der Waals surface area contributed by atoms with Crippen LogP contribution >= 0.6 is 0 Å². The summed E-state index contributed by atoms with van der Waals surface area (Å²) in [6.45, 7) is 10.3. The summed E-state index contributed by atoms with van der Waals surface area (Å²) in [7, 11) is 0. The van der Waals surface area contributed by atoms with Crippen molar-refractivity contribution in [2.24, 2.45) is 11.8 Å². The van der Waals surface area contributed by atoms with E-state index in [2.05, 4.69) is 36.8 Å². The number of pyridine rings is 1. The minimum Gasteiger partial charge on any atom is -0.481 e. The lowest BCUT2D eigenvalue weighted by molar-refractivity contribution is -0.145. The van der Waals surface area contributed by atoms with Gasteiger partial charge in [0.05, 0.1) is 5.92 Å². The molecule has 1 aromatic rings. The maximum atomic E-state index is 12.3. The fraction of sp³-hybridized carbons (Fsp3) is 0.476. The summed E-state index contributed by atoms with van der Waals surface area (Å²) in [6.07, 6.45) is 8.50. The zero-order chi connectivity index (χ0) is 19.5. The van der Waals surface area contributed by atoms with Crippen molar-refractivity contribution in [2.45, 2.75) is 52.9 Å². The highest BCUT2D eigenvalue weighted by molar-refractivity contribution is 5.93. The van der Waals surface area contributed by atoms with Gasteiger partial charge in [0.15, 0.2) is 0 Å². The van der Waals surface area contributed by atoms with E-state index in [0.717, 1.165) is 24.8 Å². The summed E-state index contributed by atoms with van der Waals surface area (Å²) in [4.78, 5) is 27.9. The normalized spacial score (nSPS) is 13.7. The van der Waals surface area contributed by atoms with E-state index in [1.165, 1.54) is 5.57 Å². The Bertz CT molecular complexity index is 638. The molecule has 0 aliphatic carbocycles. The van der Waals surface area contributed by atoms with Crippen LogP contribution in [0.25, 0.3) is 0 Å². The standard InChI is InChI=1S/C21H30N2O3/c1-5-15(3)8-7-9-16(4)18(6-2)19(21(25)26)14-20(24)23-17-10-12-22-13-11-17/h8,10-13,18-19H,4-7,9,14H2,1-3H3,(H,25,26)(H,22,23,24)/b15-8-. The summed E-state index contributed by atoms with van der Waals surface area (Å²) < 4.78 is 0. The lowest BCUT2D eigenvalue weighted by Gasteiger charge is -2.24. The lowest BCUT2D eigenvalue weighted by Crippen LogP contribution is -2.29. The minimum atomic E-state index is -0.955. The molecule has 0 aromatic carbocycles. The van der Waals surface area contributed by atoms with Crippen LogP contribution in [0.4, 0.5) is 5.69 Å². The van der Waals surface area contributed by atoms with Crippen LogP contribution in [0.5, 0.6) is 0 Å². The van der Waals surface area contributed by atoms with Gasteiger partial charge in [-0.05, 0) is 50.7 Å². The molecule has 5 nitrogen and oxygen atoms in total. The zero-order valence-electron chi connectivity index (χ0n) is 16.0. The number of nitrogens with zero attached hydrogens (tertiary/aromatic N) is 1. The highest BCUT2D eigenvalue weighted by Crippen LogP contribution is 2.30. The van der Waals surface area contributed by atoms with Crippen LogP contribution in [-0.4, -0.2) is 22.0 Å². The van der Waals surface area contributed by atoms with Crippen LogP contribution in [0.15, 0.2) is 48.3 Å². The number of carbonyl (C=O) groups is 2. The number of amides is 1. The third-order valence-electron chi connectivity index (χ3n) is 4.65. The van der Waals surface area contributed by atoms with Gasteiger partial charge in [-0.2, -0.15) is 0 Å². The van der Waals surface area contributed by atoms with E-state index in [9.17, 15) is 14.7 Å². The molecule has 1 rings (SSSR count). The Morgan fingerprint density at radius 1 is 1.27 bits per heavy atom. The molecule has 0 bridgehead atoms. The summed E-state index contributed by atoms with van der Waals surface area (Å²) >= 11 is 0. The largest absolute Gasteiger partial charge is 0.481 e. The monoisotopic (exact) mass is 358 g/mol. The first-order valence-corrected chi connectivity index (χ1v) is 9.14. The number of aliphatic carboxylic acids is 1. The smallest absolute Gasteiger partial charge is 0.307 e. The van der Waals surface area contributed by atoms with Crippen LogP contribution in [-0.2, 0) is 9.59 Å². The van der Waals surface area contributed by atoms with Crippen molar-refractivity contribution >= 4 is 17.6 Å². The highest BCUT2D eigenvalue weighted by Gasteiger charge is 2.30. The van der Waals surface area contributed by atoms with Gasteiger partial charge < -0.3 is 10.4 Å². The van der Waals surface area contributed by atoms with Gasteiger partial charge >= 0.3 is 5.97 Å². The second-order valence-corrected chi connectivity index (χ2v) is 6.55. The quantitative estimate of drug-likeness (QED) is 0.555. The molecule has 0 aliphatic rings. The Labute approximate surface area is 156 Å². The topological polar surface area (TPSA) is 79.3 Å². The van der Waals surface area contributed by atoms with E-state index >= 15 is 0 Å². The minimum absolute atomic E-state index is 0.0704. The van der Waals surface area contributed by atoms with Gasteiger partial charge in [-0.15, -0.1) is 0 Å². The number of hydrogen-bond donors (Lipinski definition) is 2. The van der Waals surface area contributed by atoms with Gasteiger partial charge in [0.25, 0.3) is 0 Å². The number of hydrogen-bond acceptors (Lipinski definition) is 3. The summed E-state index contributed by atoms with van der Waals surface area (Å²) in [5, 5.41) is 12.4. The van der Waals surface area contributed by atoms with Crippen molar-refractivity contribution in [3.05, 3.63) is 48.3 Å². The maximum absolute atomic E-state index is 12.3. The van der Waals surface area contributed by atoms with Crippen molar-refractivity contribution in [3.63, 3.8) is 0 Å². The van der Waals surface area contributed by atoms with Gasteiger partial charge in [0.2, 0.25) is 5.91 Å². The highest BCUT2D eigenvalue weighted by atomic mass is 16.4. The third-order valence-corrected chi connectivity index (χ3v) is 4.65. The Morgan fingerprint density at radius 2 is 1.92 bits per heavy atom. The van der Waals surface area contributed by atoms with E-state index in [4.69, 9.17) is 0 Å². The molecule has 0 saturated carbocycles. The molecule has 0 saturated heterocycles. The Hall–Kier alpha value is -2.43. The molecule has 2 unspecified atom stereocenters. The van der Waals surface area contributed by atoms with E-state index < -0.39 is 11.9 Å². The number of carbonyl (C=O) groups excluding carboxylic acids is 1. The molecule has 0 spiro atoms. The van der Waals surface area contributed by atoms with Gasteiger partial charge in [0, 0.05) is 24.5 Å². The number of aromatic nitrogens is 1. The summed E-state index contributed by atoms with van der Waals surface area (Å²) in [5.74, 6) is -2.25. The van der Waals surface area contributed by atoms with Gasteiger partial charge in [-0.3, -0.25) is 14.6 Å². The van der Waals surface area contributed by atoms with Gasteiger partial charge in [-0.25, -0.2) is 0 Å². The van der Waals surface area contributed by atoms with Crippen LogP contribution in [0, 0.1) is 11.8 Å². The lowest BCUT2D eigenvalue weighted by atomic mass is 9.80. The molecule has 0 fully saturated rings. The van der Waals surface area contributed by atoms with Crippen molar-refractivity contribution < 1.29 is 14.7 Å². The summed E-state index contributed by atoms with van der Waals surface area (Å²) in [6, 6.07) is 3.35. The second kappa shape index (κ2) is 11.2. The van der Waals surface area contributed by atoms with Gasteiger partial charge in [0.1, 0.15) is 0 Å². The van der Waals surface area contributed by atoms with E-state index in [1.54, 1.807) is 24.5 Å². The first-order chi connectivity index (χ1) is 12.4. The van der Waals surface area contributed by atoms with Crippen LogP contribution in [0.2, 0.25) is 0 Å². The summed E-state index contributed by atoms with van der Waals surface area (Å²) in [5.41, 5.74) is 2.83. The number of anilines is 1. The third kappa shape index (κ3) is 7.21. The molecule has 2 N–H and O–H groups in total. The van der Waals surface area contributed by atoms with Crippen LogP contribution in [0.3, 0.4) is 0 Å². The molecule has 5 heteroatoms. The Balaban J connectivity index is 2.73. The Morgan fingerprint density at radius 3 is 2.46 bits per heavy atom. The molecule has 0 radical (unpaired) electrons. The number of allylic oxidation sites excluding steroid dienone is 3. The number of rotatable bonds is 11. The Kier molecular flexibility index (Phi) is 9.34. The predicted octanol–water partition coefficient (Wildman–Crippen LogP) is 4.83. The van der Waals surface area contributed by atoms with E-state index in [-0.39, 0.29) is 18.2 Å². The number of carboxylic acid groups (broad SMARTS) is 1. The fourth-order valence-corrected chi connectivity index (χ4v) is 2.94. The predicted molar refractivity (Wildman–Crippen MR) is 105 cm³/mol. The molecule has 142 valence electrons. The molecule has 26 heavy (non-hydrogen) atoms. The zero-order valence-corrected chi connectivity index (χ0v) is 16.0. The maximum Gasteiger partial charge on any atom is 0.307 e. The van der Waals surface area contributed by atoms with Crippen molar-refractivity contribution in [1.82, 2.24) is 4.98 Å². The first kappa shape index (κ1) is 21.6. The van der Waals surface area contributed by atoms with Crippen LogP contribution < -0.4 is 5.32 Å². The van der Waals surface area contributed by atoms with Crippen molar-refractivity contribution in [1.29, 1.82) is 0 Å². The van der Waals surface area contributed by atoms with Crippen LogP contribution in [0.1, 0.15) is 52.9 Å². The average molecular weight is 358 g/mol. The molecule has 2 atom stereocenters. The SMILES string of the molecule is C=C(CC/C=C(/C)CC)C(CC)C(CC(=O)Nc1ccncc1)C(=O)O. The van der Waals surface area contributed by atoms with E-state index in [0.29, 0.717) is 12.1 Å². The van der Waals surface area contributed by atoms with E-state index in [1.807, 2.05) is 6.92 Å². The average Bonchev–Trinajstić information content (AvgIpc) is 2.62. The molecular weight excluding hydrogens is 328 g/mol. The molecule has 1 amide bonds.